The third-order valence-corrected chi connectivity index (χ3v) is 4.92. The van der Waals surface area contributed by atoms with Gasteiger partial charge in [0.15, 0.2) is 0 Å². The number of aliphatic hydroxyl groups is 1. The molecule has 138 valence electrons. The molecule has 0 bridgehead atoms. The van der Waals surface area contributed by atoms with Crippen molar-refractivity contribution in [1.29, 1.82) is 0 Å². The molecule has 7 heteroatoms. The minimum atomic E-state index is -0.559. The van der Waals surface area contributed by atoms with Gasteiger partial charge in [0.1, 0.15) is 5.75 Å². The van der Waals surface area contributed by atoms with Crippen LogP contribution in [0.5, 0.6) is 5.75 Å². The Balaban J connectivity index is 2.41. The van der Waals surface area contributed by atoms with E-state index in [0.717, 1.165) is 11.0 Å². The predicted molar refractivity (Wildman–Crippen MR) is 97.5 cm³/mol. The molecule has 1 amide bonds. The molecular formula is C18H28BNO5. The molecule has 0 saturated carbocycles. The van der Waals surface area contributed by atoms with Crippen molar-refractivity contribution in [2.75, 3.05) is 13.7 Å². The van der Waals surface area contributed by atoms with E-state index in [9.17, 15) is 4.79 Å². The first-order chi connectivity index (χ1) is 11.5. The summed E-state index contributed by atoms with van der Waals surface area (Å²) >= 11 is 0. The highest BCUT2D eigenvalue weighted by atomic mass is 16.7. The molecule has 1 aromatic rings. The van der Waals surface area contributed by atoms with Gasteiger partial charge in [0.05, 0.1) is 30.5 Å². The molecule has 1 atom stereocenters. The van der Waals surface area contributed by atoms with Gasteiger partial charge in [0.25, 0.3) is 5.91 Å². The second-order valence-electron chi connectivity index (χ2n) is 7.56. The number of hydrogen-bond donors (Lipinski definition) is 2. The Morgan fingerprint density at radius 1 is 1.28 bits per heavy atom. The smallest absolute Gasteiger partial charge is 0.494 e. The van der Waals surface area contributed by atoms with E-state index in [-0.39, 0.29) is 18.6 Å². The number of amides is 1. The molecule has 6 nitrogen and oxygen atoms in total. The van der Waals surface area contributed by atoms with Gasteiger partial charge in [-0.2, -0.15) is 0 Å². The Bertz CT molecular complexity index is 643. The van der Waals surface area contributed by atoms with Crippen LogP contribution in [0.25, 0.3) is 0 Å². The third kappa shape index (κ3) is 3.83. The number of carbonyl (C=O) groups is 1. The summed E-state index contributed by atoms with van der Waals surface area (Å²) in [6.45, 7) is 11.4. The maximum Gasteiger partial charge on any atom is 0.494 e. The molecule has 0 aliphatic carbocycles. The SMILES string of the molecule is COc1c(C)cc(B2OC(C)(C)C(C)(C)O2)cc1C(=O)NC(C)CO. The molecule has 2 N–H and O–H groups in total. The number of ether oxygens (including phenoxy) is 1. The highest BCUT2D eigenvalue weighted by Gasteiger charge is 2.51. The van der Waals surface area contributed by atoms with Crippen LogP contribution in [0.3, 0.4) is 0 Å². The van der Waals surface area contributed by atoms with Crippen LogP contribution in [0.15, 0.2) is 12.1 Å². The number of nitrogens with one attached hydrogen (secondary N) is 1. The monoisotopic (exact) mass is 349 g/mol. The molecule has 1 unspecified atom stereocenters. The summed E-state index contributed by atoms with van der Waals surface area (Å²) in [4.78, 5) is 12.6. The van der Waals surface area contributed by atoms with Crippen molar-refractivity contribution in [1.82, 2.24) is 5.32 Å². The summed E-state index contributed by atoms with van der Waals surface area (Å²) in [5.41, 5.74) is 1.06. The number of hydrogen-bond acceptors (Lipinski definition) is 5. The normalized spacial score (nSPS) is 19.6. The number of aryl methyl sites for hydroxylation is 1. The lowest BCUT2D eigenvalue weighted by Gasteiger charge is -2.32. The van der Waals surface area contributed by atoms with Gasteiger partial charge in [-0.3, -0.25) is 4.79 Å². The van der Waals surface area contributed by atoms with Crippen molar-refractivity contribution >= 4 is 18.5 Å². The summed E-state index contributed by atoms with van der Waals surface area (Å²) < 4.78 is 17.6. The molecule has 2 rings (SSSR count). The van der Waals surface area contributed by atoms with E-state index in [1.54, 1.807) is 13.0 Å². The fourth-order valence-electron chi connectivity index (χ4n) is 2.70. The lowest BCUT2D eigenvalue weighted by molar-refractivity contribution is 0.00578. The highest BCUT2D eigenvalue weighted by Crippen LogP contribution is 2.37. The van der Waals surface area contributed by atoms with E-state index in [0.29, 0.717) is 11.3 Å². The molecule has 1 saturated heterocycles. The first kappa shape index (κ1) is 19.8. The number of aliphatic hydroxyl groups excluding tert-OH is 1. The maximum atomic E-state index is 12.6. The van der Waals surface area contributed by atoms with Crippen molar-refractivity contribution in [2.24, 2.45) is 0 Å². The lowest BCUT2D eigenvalue weighted by atomic mass is 9.77. The Hall–Kier alpha value is -1.57. The topological polar surface area (TPSA) is 77.0 Å². The van der Waals surface area contributed by atoms with Crippen LogP contribution in [-0.4, -0.2) is 49.1 Å². The number of rotatable bonds is 5. The van der Waals surface area contributed by atoms with Gasteiger partial charge in [0, 0.05) is 6.04 Å². The fourth-order valence-corrected chi connectivity index (χ4v) is 2.70. The number of carbonyl (C=O) groups excluding carboxylic acids is 1. The zero-order valence-corrected chi connectivity index (χ0v) is 16.1. The number of methoxy groups -OCH3 is 1. The van der Waals surface area contributed by atoms with Gasteiger partial charge in [-0.1, -0.05) is 6.07 Å². The van der Waals surface area contributed by atoms with Gasteiger partial charge < -0.3 is 24.5 Å². The molecule has 25 heavy (non-hydrogen) atoms. The third-order valence-electron chi connectivity index (χ3n) is 4.92. The summed E-state index contributed by atoms with van der Waals surface area (Å²) in [7, 11) is 0.972. The van der Waals surface area contributed by atoms with Crippen LogP contribution in [0, 0.1) is 6.92 Å². The summed E-state index contributed by atoms with van der Waals surface area (Å²) in [5.74, 6) is 0.197. The Morgan fingerprint density at radius 2 is 1.84 bits per heavy atom. The average Bonchev–Trinajstić information content (AvgIpc) is 2.74. The molecule has 0 spiro atoms. The molecule has 1 aromatic carbocycles. The summed E-state index contributed by atoms with van der Waals surface area (Å²) in [6.07, 6.45) is 0. The van der Waals surface area contributed by atoms with Crippen LogP contribution in [0.2, 0.25) is 0 Å². The van der Waals surface area contributed by atoms with Crippen molar-refractivity contribution in [3.8, 4) is 5.75 Å². The van der Waals surface area contributed by atoms with Gasteiger partial charge in [-0.05, 0) is 58.6 Å². The number of benzene rings is 1. The zero-order valence-electron chi connectivity index (χ0n) is 16.1. The van der Waals surface area contributed by atoms with Crippen LogP contribution in [-0.2, 0) is 9.31 Å². The maximum absolute atomic E-state index is 12.6. The van der Waals surface area contributed by atoms with Crippen molar-refractivity contribution in [2.45, 2.75) is 58.8 Å². The predicted octanol–water partition coefficient (Wildman–Crippen LogP) is 1.41. The summed E-state index contributed by atoms with van der Waals surface area (Å²) in [5, 5.41) is 11.9. The lowest BCUT2D eigenvalue weighted by Crippen LogP contribution is -2.41. The van der Waals surface area contributed by atoms with Crippen molar-refractivity contribution in [3.63, 3.8) is 0 Å². The van der Waals surface area contributed by atoms with E-state index in [4.69, 9.17) is 19.2 Å². The van der Waals surface area contributed by atoms with Gasteiger partial charge in [-0.15, -0.1) is 0 Å². The van der Waals surface area contributed by atoms with Crippen LogP contribution < -0.4 is 15.5 Å². The van der Waals surface area contributed by atoms with Crippen molar-refractivity contribution in [3.05, 3.63) is 23.3 Å². The van der Waals surface area contributed by atoms with Crippen molar-refractivity contribution < 1.29 is 23.9 Å². The molecule has 0 radical (unpaired) electrons. The van der Waals surface area contributed by atoms with Crippen LogP contribution >= 0.6 is 0 Å². The highest BCUT2D eigenvalue weighted by molar-refractivity contribution is 6.62. The first-order valence-electron chi connectivity index (χ1n) is 8.48. The van der Waals surface area contributed by atoms with E-state index in [1.165, 1.54) is 7.11 Å². The van der Waals surface area contributed by atoms with E-state index >= 15 is 0 Å². The fraction of sp³-hybridized carbons (Fsp3) is 0.611. The zero-order chi connectivity index (χ0) is 19.0. The quantitative estimate of drug-likeness (QED) is 0.786. The van der Waals surface area contributed by atoms with Gasteiger partial charge in [-0.25, -0.2) is 0 Å². The van der Waals surface area contributed by atoms with Crippen LogP contribution in [0.4, 0.5) is 0 Å². The van der Waals surface area contributed by atoms with Crippen LogP contribution in [0.1, 0.15) is 50.5 Å². The Kier molecular flexibility index (Phi) is 5.51. The molecule has 1 aliphatic rings. The summed E-state index contributed by atoms with van der Waals surface area (Å²) in [6, 6.07) is 3.29. The largest absolute Gasteiger partial charge is 0.496 e. The molecular weight excluding hydrogens is 321 g/mol. The Morgan fingerprint density at radius 3 is 2.32 bits per heavy atom. The van der Waals surface area contributed by atoms with Gasteiger partial charge >= 0.3 is 7.12 Å². The van der Waals surface area contributed by atoms with Gasteiger partial charge in [0.2, 0.25) is 0 Å². The molecule has 1 heterocycles. The minimum absolute atomic E-state index is 0.135. The van der Waals surface area contributed by atoms with E-state index in [1.807, 2.05) is 40.7 Å². The molecule has 0 aromatic heterocycles. The molecule has 1 fully saturated rings. The minimum Gasteiger partial charge on any atom is -0.496 e. The second-order valence-corrected chi connectivity index (χ2v) is 7.56. The first-order valence-corrected chi connectivity index (χ1v) is 8.48. The standard InChI is InChI=1S/C18H28BNO5/c1-11-8-13(19-24-17(3,4)18(5,6)25-19)9-14(15(11)23-7)16(22)20-12(2)10-21/h8-9,12,21H,10H2,1-7H3,(H,20,22). The second kappa shape index (κ2) is 6.98. The van der Waals surface area contributed by atoms with E-state index < -0.39 is 18.3 Å². The Labute approximate surface area is 150 Å². The van der Waals surface area contributed by atoms with E-state index in [2.05, 4.69) is 5.32 Å². The average molecular weight is 349 g/mol. The molecule has 1 aliphatic heterocycles.